The van der Waals surface area contributed by atoms with Crippen molar-refractivity contribution in [2.24, 2.45) is 0 Å². The van der Waals surface area contributed by atoms with Crippen LogP contribution in [0.25, 0.3) is 0 Å². The molecule has 1 amide bonds. The zero-order chi connectivity index (χ0) is 9.23. The van der Waals surface area contributed by atoms with Gasteiger partial charge in [0.1, 0.15) is 0 Å². The van der Waals surface area contributed by atoms with Crippen LogP contribution >= 0.6 is 11.8 Å². The van der Waals surface area contributed by atoms with Gasteiger partial charge >= 0.3 is 0 Å². The first-order valence-electron chi connectivity index (χ1n) is 4.09. The van der Waals surface area contributed by atoms with Gasteiger partial charge < -0.3 is 5.32 Å². The second-order valence-corrected chi connectivity index (χ2v) is 3.49. The third-order valence-electron chi connectivity index (χ3n) is 1.26. The van der Waals surface area contributed by atoms with Gasteiger partial charge in [-0.1, -0.05) is 19.3 Å². The Bertz CT molecular complexity index is 162. The molecule has 0 fully saturated rings. The summed E-state index contributed by atoms with van der Waals surface area (Å²) in [6, 6.07) is 0. The molecule has 0 radical (unpaired) electrons. The summed E-state index contributed by atoms with van der Waals surface area (Å²) in [5.74, 6) is 3.98. The summed E-state index contributed by atoms with van der Waals surface area (Å²) in [7, 11) is 0. The predicted molar refractivity (Wildman–Crippen MR) is 54.1 cm³/mol. The van der Waals surface area contributed by atoms with Crippen LogP contribution in [0.1, 0.15) is 19.8 Å². The van der Waals surface area contributed by atoms with Crippen molar-refractivity contribution in [1.82, 2.24) is 5.32 Å². The van der Waals surface area contributed by atoms with E-state index >= 15 is 0 Å². The number of thioether (sulfide) groups is 1. The number of amides is 1. The fraction of sp³-hybridized carbons (Fsp3) is 0.667. The molecule has 0 aliphatic carbocycles. The third kappa shape index (κ3) is 7.49. The van der Waals surface area contributed by atoms with Crippen molar-refractivity contribution < 1.29 is 4.79 Å². The Balaban J connectivity index is 3.15. The van der Waals surface area contributed by atoms with Crippen LogP contribution in [-0.2, 0) is 4.79 Å². The summed E-state index contributed by atoms with van der Waals surface area (Å²) in [5, 5.41) is 2.61. The van der Waals surface area contributed by atoms with Crippen LogP contribution in [0.5, 0.6) is 0 Å². The van der Waals surface area contributed by atoms with Crippen LogP contribution in [0.4, 0.5) is 0 Å². The Morgan fingerprint density at radius 1 is 1.67 bits per heavy atom. The Morgan fingerprint density at radius 3 is 3.00 bits per heavy atom. The zero-order valence-corrected chi connectivity index (χ0v) is 8.25. The number of nitrogens with one attached hydrogen (secondary N) is 1. The lowest BCUT2D eigenvalue weighted by molar-refractivity contribution is -0.118. The number of carbonyl (C=O) groups is 1. The summed E-state index contributed by atoms with van der Waals surface area (Å²) >= 11 is 1.66. The minimum Gasteiger partial charge on any atom is -0.344 e. The second-order valence-electron chi connectivity index (χ2n) is 2.39. The normalized spacial score (nSPS) is 9.00. The lowest BCUT2D eigenvalue weighted by Crippen LogP contribution is -2.25. The van der Waals surface area contributed by atoms with E-state index in [-0.39, 0.29) is 5.91 Å². The van der Waals surface area contributed by atoms with E-state index in [0.717, 1.165) is 5.75 Å². The van der Waals surface area contributed by atoms with Crippen molar-refractivity contribution in [3.05, 3.63) is 0 Å². The summed E-state index contributed by atoms with van der Waals surface area (Å²) in [4.78, 5) is 10.9. The summed E-state index contributed by atoms with van der Waals surface area (Å²) in [6.45, 7) is 2.48. The van der Waals surface area contributed by atoms with Gasteiger partial charge in [-0.05, 0) is 12.2 Å². The molecule has 0 saturated carbocycles. The Hall–Kier alpha value is -0.620. The molecule has 0 bridgehead atoms. The molecule has 0 atom stereocenters. The van der Waals surface area contributed by atoms with Crippen LogP contribution in [0.2, 0.25) is 0 Å². The van der Waals surface area contributed by atoms with Crippen LogP contribution in [0.15, 0.2) is 0 Å². The van der Waals surface area contributed by atoms with E-state index < -0.39 is 0 Å². The first kappa shape index (κ1) is 11.4. The molecule has 0 rings (SSSR count). The fourth-order valence-corrected chi connectivity index (χ4v) is 1.54. The van der Waals surface area contributed by atoms with Crippen molar-refractivity contribution in [3.63, 3.8) is 0 Å². The highest BCUT2D eigenvalue weighted by atomic mass is 32.2. The second kappa shape index (κ2) is 8.48. The first-order chi connectivity index (χ1) is 5.81. The molecule has 0 aromatic rings. The Labute approximate surface area is 78.5 Å². The maximum atomic E-state index is 10.9. The minimum absolute atomic E-state index is 0.0362. The maximum absolute atomic E-state index is 10.9. The van der Waals surface area contributed by atoms with Gasteiger partial charge in [0.15, 0.2) is 0 Å². The highest BCUT2D eigenvalue weighted by Crippen LogP contribution is 2.02. The predicted octanol–water partition coefficient (Wildman–Crippen LogP) is 1.27. The molecule has 12 heavy (non-hydrogen) atoms. The van der Waals surface area contributed by atoms with Gasteiger partial charge in [0.25, 0.3) is 0 Å². The standard InChI is InChI=1S/C9H15NOS/c1-3-5-7-12-8-9(11)10-6-4-2/h2H,3,5-8H2,1H3,(H,10,11). The molecule has 1 N–H and O–H groups in total. The average Bonchev–Trinajstić information content (AvgIpc) is 2.09. The van der Waals surface area contributed by atoms with Crippen LogP contribution in [-0.4, -0.2) is 24.0 Å². The van der Waals surface area contributed by atoms with Gasteiger partial charge in [-0.25, -0.2) is 0 Å². The molecule has 0 aliphatic heterocycles. The smallest absolute Gasteiger partial charge is 0.230 e. The highest BCUT2D eigenvalue weighted by molar-refractivity contribution is 7.99. The largest absolute Gasteiger partial charge is 0.344 e. The molecule has 0 heterocycles. The van der Waals surface area contributed by atoms with Crippen molar-refractivity contribution in [2.75, 3.05) is 18.1 Å². The van der Waals surface area contributed by atoms with Gasteiger partial charge in [0.2, 0.25) is 5.91 Å². The average molecular weight is 185 g/mol. The van der Waals surface area contributed by atoms with E-state index in [1.807, 2.05) is 0 Å². The van der Waals surface area contributed by atoms with Gasteiger partial charge in [-0.15, -0.1) is 6.42 Å². The lowest BCUT2D eigenvalue weighted by Gasteiger charge is -2.00. The summed E-state index contributed by atoms with van der Waals surface area (Å²) < 4.78 is 0. The summed E-state index contributed by atoms with van der Waals surface area (Å²) in [5.41, 5.74) is 0. The molecule has 3 heteroatoms. The van der Waals surface area contributed by atoms with Crippen molar-refractivity contribution >= 4 is 17.7 Å². The molecular weight excluding hydrogens is 170 g/mol. The molecule has 0 aliphatic rings. The fourth-order valence-electron chi connectivity index (χ4n) is 0.612. The van der Waals surface area contributed by atoms with E-state index in [1.54, 1.807) is 11.8 Å². The minimum atomic E-state index is 0.0362. The summed E-state index contributed by atoms with van der Waals surface area (Å²) in [6.07, 6.45) is 7.33. The SMILES string of the molecule is C#CCNC(=O)CSCCCC. The van der Waals surface area contributed by atoms with Gasteiger partial charge in [-0.2, -0.15) is 11.8 Å². The van der Waals surface area contributed by atoms with E-state index in [0.29, 0.717) is 12.3 Å². The number of carbonyl (C=O) groups excluding carboxylic acids is 1. The van der Waals surface area contributed by atoms with Gasteiger partial charge in [0, 0.05) is 0 Å². The van der Waals surface area contributed by atoms with Gasteiger partial charge in [-0.3, -0.25) is 4.79 Å². The van der Waals surface area contributed by atoms with Crippen molar-refractivity contribution in [1.29, 1.82) is 0 Å². The van der Waals surface area contributed by atoms with Crippen molar-refractivity contribution in [2.45, 2.75) is 19.8 Å². The molecule has 0 spiro atoms. The molecule has 68 valence electrons. The third-order valence-corrected chi connectivity index (χ3v) is 2.31. The molecular formula is C9H15NOS. The topological polar surface area (TPSA) is 29.1 Å². The van der Waals surface area contributed by atoms with Crippen molar-refractivity contribution in [3.8, 4) is 12.3 Å². The highest BCUT2D eigenvalue weighted by Gasteiger charge is 1.97. The maximum Gasteiger partial charge on any atom is 0.230 e. The quantitative estimate of drug-likeness (QED) is 0.499. The van der Waals surface area contributed by atoms with Crippen LogP contribution < -0.4 is 5.32 Å². The number of hydrogen-bond donors (Lipinski definition) is 1. The van der Waals surface area contributed by atoms with Crippen LogP contribution in [0.3, 0.4) is 0 Å². The zero-order valence-electron chi connectivity index (χ0n) is 7.43. The number of rotatable bonds is 6. The van der Waals surface area contributed by atoms with Crippen LogP contribution in [0, 0.1) is 12.3 Å². The molecule has 0 aromatic carbocycles. The molecule has 0 saturated heterocycles. The number of terminal acetylenes is 1. The number of hydrogen-bond acceptors (Lipinski definition) is 2. The van der Waals surface area contributed by atoms with E-state index in [1.165, 1.54) is 12.8 Å². The first-order valence-corrected chi connectivity index (χ1v) is 5.24. The van der Waals surface area contributed by atoms with Gasteiger partial charge in [0.05, 0.1) is 12.3 Å². The molecule has 0 unspecified atom stereocenters. The number of unbranched alkanes of at least 4 members (excludes halogenated alkanes) is 1. The van der Waals surface area contributed by atoms with E-state index in [2.05, 4.69) is 18.2 Å². The monoisotopic (exact) mass is 185 g/mol. The Morgan fingerprint density at radius 2 is 2.42 bits per heavy atom. The molecule has 2 nitrogen and oxygen atoms in total. The van der Waals surface area contributed by atoms with E-state index in [9.17, 15) is 4.79 Å². The lowest BCUT2D eigenvalue weighted by atomic mass is 10.4. The van der Waals surface area contributed by atoms with E-state index in [4.69, 9.17) is 6.42 Å². The Kier molecular flexibility index (Phi) is 8.04. The molecule has 0 aromatic heterocycles.